The van der Waals surface area contributed by atoms with Gasteiger partial charge in [-0.3, -0.25) is 0 Å². The number of hydrogen-bond acceptors (Lipinski definition) is 6. The van der Waals surface area contributed by atoms with Gasteiger partial charge in [-0.25, -0.2) is 14.5 Å². The standard InChI is InChI=1S/C26H33N5O3/c1-17-13-18(2)15-22(14-17)33-23-16-20(7-10-27-23)24-19(3)28-29-31(24)21-8-11-30(12-9-21)25(32)34-26(4,5)6/h7,10,13-16,21H,8-9,11-12H2,1-6H3. The third kappa shape index (κ3) is 5.55. The lowest BCUT2D eigenvalue weighted by Crippen LogP contribution is -2.42. The number of carbonyl (C=O) groups is 1. The second-order valence-corrected chi connectivity index (χ2v) is 9.97. The highest BCUT2D eigenvalue weighted by atomic mass is 16.6. The van der Waals surface area contributed by atoms with Crippen molar-refractivity contribution >= 4 is 6.09 Å². The lowest BCUT2D eigenvalue weighted by molar-refractivity contribution is 0.0185. The summed E-state index contributed by atoms with van der Waals surface area (Å²) in [7, 11) is 0. The van der Waals surface area contributed by atoms with Crippen LogP contribution in [0.4, 0.5) is 4.79 Å². The van der Waals surface area contributed by atoms with Crippen LogP contribution >= 0.6 is 0 Å². The van der Waals surface area contributed by atoms with Crippen molar-refractivity contribution < 1.29 is 14.3 Å². The largest absolute Gasteiger partial charge is 0.444 e. The van der Waals surface area contributed by atoms with Crippen LogP contribution < -0.4 is 4.74 Å². The van der Waals surface area contributed by atoms with E-state index < -0.39 is 5.60 Å². The maximum Gasteiger partial charge on any atom is 0.410 e. The Balaban J connectivity index is 1.51. The molecule has 4 rings (SSSR count). The van der Waals surface area contributed by atoms with E-state index in [-0.39, 0.29) is 12.1 Å². The molecular weight excluding hydrogens is 430 g/mol. The van der Waals surface area contributed by atoms with Crippen LogP contribution in [0.25, 0.3) is 11.3 Å². The third-order valence-electron chi connectivity index (χ3n) is 5.75. The SMILES string of the molecule is Cc1cc(C)cc(Oc2cc(-c3c(C)nnn3C3CCN(C(=O)OC(C)(C)C)CC3)ccn2)c1. The summed E-state index contributed by atoms with van der Waals surface area (Å²) in [6.07, 6.45) is 3.05. The Labute approximate surface area is 200 Å². The normalized spacial score (nSPS) is 14.8. The molecule has 180 valence electrons. The first-order chi connectivity index (χ1) is 16.1. The Morgan fingerprint density at radius 3 is 2.35 bits per heavy atom. The van der Waals surface area contributed by atoms with E-state index in [1.165, 1.54) is 0 Å². The molecule has 34 heavy (non-hydrogen) atoms. The Kier molecular flexibility index (Phi) is 6.59. The molecule has 0 bridgehead atoms. The maximum absolute atomic E-state index is 12.4. The lowest BCUT2D eigenvalue weighted by atomic mass is 10.0. The molecule has 0 unspecified atom stereocenters. The number of nitrogens with zero attached hydrogens (tertiary/aromatic N) is 5. The van der Waals surface area contributed by atoms with Crippen LogP contribution in [-0.2, 0) is 4.74 Å². The lowest BCUT2D eigenvalue weighted by Gasteiger charge is -2.33. The number of hydrogen-bond donors (Lipinski definition) is 0. The highest BCUT2D eigenvalue weighted by Crippen LogP contribution is 2.32. The fourth-order valence-electron chi connectivity index (χ4n) is 4.31. The van der Waals surface area contributed by atoms with Crippen LogP contribution in [0.1, 0.15) is 56.5 Å². The summed E-state index contributed by atoms with van der Waals surface area (Å²) in [5.74, 6) is 1.29. The first-order valence-electron chi connectivity index (χ1n) is 11.7. The zero-order chi connectivity index (χ0) is 24.5. The van der Waals surface area contributed by atoms with Gasteiger partial charge in [0.25, 0.3) is 0 Å². The Bertz CT molecular complexity index is 1150. The van der Waals surface area contributed by atoms with Gasteiger partial charge in [0, 0.05) is 30.9 Å². The van der Waals surface area contributed by atoms with Crippen molar-refractivity contribution in [3.8, 4) is 22.9 Å². The van der Waals surface area contributed by atoms with Crippen molar-refractivity contribution in [2.45, 2.75) is 66.0 Å². The number of carbonyl (C=O) groups excluding carboxylic acids is 1. The zero-order valence-electron chi connectivity index (χ0n) is 20.8. The second-order valence-electron chi connectivity index (χ2n) is 9.97. The molecule has 3 aromatic rings. The van der Waals surface area contributed by atoms with Gasteiger partial charge in [0.2, 0.25) is 5.88 Å². The molecule has 0 saturated carbocycles. The van der Waals surface area contributed by atoms with Crippen LogP contribution in [-0.4, -0.2) is 49.7 Å². The molecule has 3 heterocycles. The molecule has 1 aliphatic heterocycles. The summed E-state index contributed by atoms with van der Waals surface area (Å²) < 4.78 is 13.6. The molecular formula is C26H33N5O3. The van der Waals surface area contributed by atoms with E-state index in [0.717, 1.165) is 46.7 Å². The summed E-state index contributed by atoms with van der Waals surface area (Å²) in [4.78, 5) is 18.6. The molecule has 1 aliphatic rings. The minimum atomic E-state index is -0.498. The number of pyridine rings is 1. The number of benzene rings is 1. The van der Waals surface area contributed by atoms with Crippen molar-refractivity contribution in [3.63, 3.8) is 0 Å². The topological polar surface area (TPSA) is 82.4 Å². The van der Waals surface area contributed by atoms with Crippen molar-refractivity contribution in [2.75, 3.05) is 13.1 Å². The minimum Gasteiger partial charge on any atom is -0.444 e. The van der Waals surface area contributed by atoms with Crippen LogP contribution in [0.2, 0.25) is 0 Å². The predicted molar refractivity (Wildman–Crippen MR) is 130 cm³/mol. The molecule has 1 amide bonds. The van der Waals surface area contributed by atoms with Crippen LogP contribution in [0.3, 0.4) is 0 Å². The van der Waals surface area contributed by atoms with Crippen LogP contribution in [0.15, 0.2) is 36.5 Å². The smallest absolute Gasteiger partial charge is 0.410 e. The van der Waals surface area contributed by atoms with Crippen molar-refractivity contribution in [3.05, 3.63) is 53.3 Å². The molecule has 1 saturated heterocycles. The van der Waals surface area contributed by atoms with Gasteiger partial charge in [-0.2, -0.15) is 0 Å². The van der Waals surface area contributed by atoms with E-state index in [1.54, 1.807) is 11.1 Å². The Morgan fingerprint density at radius 2 is 1.71 bits per heavy atom. The number of aromatic nitrogens is 4. The average molecular weight is 464 g/mol. The molecule has 0 N–H and O–H groups in total. The van der Waals surface area contributed by atoms with Crippen LogP contribution in [0.5, 0.6) is 11.6 Å². The minimum absolute atomic E-state index is 0.145. The van der Waals surface area contributed by atoms with Gasteiger partial charge >= 0.3 is 6.09 Å². The molecule has 1 fully saturated rings. The summed E-state index contributed by atoms with van der Waals surface area (Å²) in [5.41, 5.74) is 4.53. The number of ether oxygens (including phenoxy) is 2. The summed E-state index contributed by atoms with van der Waals surface area (Å²) >= 11 is 0. The van der Waals surface area contributed by atoms with Gasteiger partial charge in [0.1, 0.15) is 11.4 Å². The van der Waals surface area contributed by atoms with E-state index in [9.17, 15) is 4.79 Å². The number of rotatable bonds is 4. The van der Waals surface area contributed by atoms with Crippen LogP contribution in [0, 0.1) is 20.8 Å². The Morgan fingerprint density at radius 1 is 1.03 bits per heavy atom. The molecule has 0 spiro atoms. The van der Waals surface area contributed by atoms with Gasteiger partial charge in [-0.1, -0.05) is 11.3 Å². The summed E-state index contributed by atoms with van der Waals surface area (Å²) in [6.45, 7) is 12.9. The fourth-order valence-corrected chi connectivity index (χ4v) is 4.31. The van der Waals surface area contributed by atoms with E-state index in [2.05, 4.69) is 21.4 Å². The molecule has 2 aromatic heterocycles. The van der Waals surface area contributed by atoms with Crippen molar-refractivity contribution in [2.24, 2.45) is 0 Å². The first kappa shape index (κ1) is 23.7. The molecule has 8 heteroatoms. The number of amides is 1. The Hall–Kier alpha value is -3.42. The molecule has 8 nitrogen and oxygen atoms in total. The number of likely N-dealkylation sites (tertiary alicyclic amines) is 1. The number of aryl methyl sites for hydroxylation is 3. The highest BCUT2D eigenvalue weighted by molar-refractivity contribution is 5.68. The van der Waals surface area contributed by atoms with Gasteiger partial charge in [0.15, 0.2) is 0 Å². The first-order valence-corrected chi connectivity index (χ1v) is 11.7. The fraction of sp³-hybridized carbons (Fsp3) is 0.462. The van der Waals surface area contributed by atoms with Gasteiger partial charge < -0.3 is 14.4 Å². The van der Waals surface area contributed by atoms with Crippen molar-refractivity contribution in [1.29, 1.82) is 0 Å². The van der Waals surface area contributed by atoms with E-state index >= 15 is 0 Å². The van der Waals surface area contributed by atoms with E-state index in [4.69, 9.17) is 9.47 Å². The number of piperidine rings is 1. The maximum atomic E-state index is 12.4. The second kappa shape index (κ2) is 9.44. The average Bonchev–Trinajstić information content (AvgIpc) is 3.13. The third-order valence-corrected chi connectivity index (χ3v) is 5.75. The molecule has 0 atom stereocenters. The summed E-state index contributed by atoms with van der Waals surface area (Å²) in [6, 6.07) is 10.1. The van der Waals surface area contributed by atoms with Crippen molar-refractivity contribution in [1.82, 2.24) is 24.9 Å². The van der Waals surface area contributed by atoms with E-state index in [1.807, 2.05) is 70.5 Å². The van der Waals surface area contributed by atoms with Gasteiger partial charge in [-0.15, -0.1) is 5.10 Å². The quantitative estimate of drug-likeness (QED) is 0.499. The van der Waals surface area contributed by atoms with E-state index in [0.29, 0.717) is 19.0 Å². The van der Waals surface area contributed by atoms with Gasteiger partial charge in [0.05, 0.1) is 17.4 Å². The highest BCUT2D eigenvalue weighted by Gasteiger charge is 2.29. The predicted octanol–water partition coefficient (Wildman–Crippen LogP) is 5.63. The molecule has 1 aromatic carbocycles. The van der Waals surface area contributed by atoms with Gasteiger partial charge in [-0.05, 0) is 83.7 Å². The molecule has 0 aliphatic carbocycles. The zero-order valence-corrected chi connectivity index (χ0v) is 20.8. The monoisotopic (exact) mass is 463 g/mol. The summed E-state index contributed by atoms with van der Waals surface area (Å²) in [5, 5.41) is 8.81. The molecule has 0 radical (unpaired) electrons.